The van der Waals surface area contributed by atoms with E-state index in [-0.39, 0.29) is 0 Å². The van der Waals surface area contributed by atoms with Gasteiger partial charge in [-0.25, -0.2) is 24.9 Å². The summed E-state index contributed by atoms with van der Waals surface area (Å²) in [5, 5.41) is 0. The Balaban J connectivity index is 1.07. The molecule has 3 heterocycles. The average Bonchev–Trinajstić information content (AvgIpc) is 3.27. The molecule has 3 aromatic heterocycles. The summed E-state index contributed by atoms with van der Waals surface area (Å²) in [5.41, 5.74) is 11.3. The Morgan fingerprint density at radius 2 is 0.630 bits per heavy atom. The predicted molar refractivity (Wildman–Crippen MR) is 217 cm³/mol. The van der Waals surface area contributed by atoms with Gasteiger partial charge in [0.2, 0.25) is 0 Å². The minimum Gasteiger partial charge on any atom is -0.254 e. The van der Waals surface area contributed by atoms with E-state index in [9.17, 15) is 0 Å². The highest BCUT2D eigenvalue weighted by Gasteiger charge is 2.15. The van der Waals surface area contributed by atoms with Crippen LogP contribution in [-0.4, -0.2) is 29.9 Å². The van der Waals surface area contributed by atoms with Crippen molar-refractivity contribution in [2.75, 3.05) is 0 Å². The Hall–Kier alpha value is -7.44. The van der Waals surface area contributed by atoms with Gasteiger partial charge in [0.15, 0.2) is 23.3 Å². The van der Waals surface area contributed by atoms with E-state index in [0.29, 0.717) is 23.3 Å². The van der Waals surface area contributed by atoms with Crippen LogP contribution >= 0.6 is 0 Å². The first-order valence-corrected chi connectivity index (χ1v) is 17.8. The number of hydrogen-bond donors (Lipinski definition) is 0. The lowest BCUT2D eigenvalue weighted by molar-refractivity contribution is 1.07. The van der Waals surface area contributed by atoms with E-state index in [0.717, 1.165) is 67.2 Å². The van der Waals surface area contributed by atoms with Gasteiger partial charge >= 0.3 is 0 Å². The molecule has 0 saturated carbocycles. The lowest BCUT2D eigenvalue weighted by Crippen LogP contribution is -2.00. The highest BCUT2D eigenvalue weighted by atomic mass is 15.0. The quantitative estimate of drug-likeness (QED) is 0.158. The highest BCUT2D eigenvalue weighted by molar-refractivity contribution is 5.77. The number of nitrogens with zero attached hydrogens (tertiary/aromatic N) is 6. The van der Waals surface area contributed by atoms with Crippen molar-refractivity contribution in [1.82, 2.24) is 29.9 Å². The minimum absolute atomic E-state index is 0.604. The molecular weight excluding hydrogens is 661 g/mol. The lowest BCUT2D eigenvalue weighted by Gasteiger charge is -2.11. The highest BCUT2D eigenvalue weighted by Crippen LogP contribution is 2.32. The molecule has 0 fully saturated rings. The van der Waals surface area contributed by atoms with E-state index in [1.807, 2.05) is 128 Å². The Labute approximate surface area is 313 Å². The fourth-order valence-corrected chi connectivity index (χ4v) is 6.42. The van der Waals surface area contributed by atoms with Crippen molar-refractivity contribution < 1.29 is 0 Å². The van der Waals surface area contributed by atoms with Crippen molar-refractivity contribution >= 4 is 0 Å². The first-order chi connectivity index (χ1) is 26.7. The van der Waals surface area contributed by atoms with Crippen molar-refractivity contribution in [2.24, 2.45) is 0 Å². The van der Waals surface area contributed by atoms with Crippen molar-refractivity contribution in [3.05, 3.63) is 194 Å². The third-order valence-corrected chi connectivity index (χ3v) is 9.20. The van der Waals surface area contributed by atoms with Gasteiger partial charge < -0.3 is 0 Å². The molecule has 254 valence electrons. The van der Waals surface area contributed by atoms with Gasteiger partial charge in [-0.05, 0) is 41.0 Å². The zero-order valence-corrected chi connectivity index (χ0v) is 29.2. The van der Waals surface area contributed by atoms with Gasteiger partial charge in [0.25, 0.3) is 0 Å². The van der Waals surface area contributed by atoms with Crippen molar-refractivity contribution in [1.29, 1.82) is 0 Å². The average molecular weight is 693 g/mol. The third-order valence-electron chi connectivity index (χ3n) is 9.20. The Morgan fingerprint density at radius 3 is 1.17 bits per heavy atom. The molecule has 6 aromatic carbocycles. The summed E-state index contributed by atoms with van der Waals surface area (Å²) < 4.78 is 0. The number of pyridine rings is 1. The summed E-state index contributed by atoms with van der Waals surface area (Å²) in [4.78, 5) is 29.7. The van der Waals surface area contributed by atoms with Crippen molar-refractivity contribution in [3.8, 4) is 90.5 Å². The number of rotatable bonds is 8. The summed E-state index contributed by atoms with van der Waals surface area (Å²) in [5.74, 6) is 2.50. The molecule has 0 aliphatic heterocycles. The summed E-state index contributed by atoms with van der Waals surface area (Å²) in [6.07, 6.45) is 1.90. The molecule has 0 bridgehead atoms. The topological polar surface area (TPSA) is 77.3 Å². The molecule has 0 atom stereocenters. The zero-order chi connectivity index (χ0) is 36.1. The summed E-state index contributed by atoms with van der Waals surface area (Å²) in [6, 6.07) is 63.3. The second-order valence-electron chi connectivity index (χ2n) is 12.8. The molecule has 6 heteroatoms. The van der Waals surface area contributed by atoms with Gasteiger partial charge in [-0.2, -0.15) is 0 Å². The number of benzene rings is 6. The molecule has 0 amide bonds. The molecule has 0 aliphatic carbocycles. The minimum atomic E-state index is 0.604. The molecule has 9 rings (SSSR count). The second-order valence-corrected chi connectivity index (χ2v) is 12.8. The first-order valence-electron chi connectivity index (χ1n) is 17.8. The van der Waals surface area contributed by atoms with Crippen LogP contribution in [-0.2, 0) is 0 Å². The number of hydrogen-bond acceptors (Lipinski definition) is 6. The van der Waals surface area contributed by atoms with Crippen molar-refractivity contribution in [2.45, 2.75) is 0 Å². The maximum atomic E-state index is 5.03. The molecule has 0 aliphatic rings. The molecule has 0 unspecified atom stereocenters. The van der Waals surface area contributed by atoms with Gasteiger partial charge in [0, 0.05) is 39.6 Å². The van der Waals surface area contributed by atoms with Gasteiger partial charge in [-0.1, -0.05) is 164 Å². The lowest BCUT2D eigenvalue weighted by atomic mass is 10.0. The summed E-state index contributed by atoms with van der Waals surface area (Å²) >= 11 is 0. The summed E-state index contributed by atoms with van der Waals surface area (Å²) in [7, 11) is 0. The van der Waals surface area contributed by atoms with E-state index < -0.39 is 0 Å². The van der Waals surface area contributed by atoms with Crippen LogP contribution < -0.4 is 0 Å². The van der Waals surface area contributed by atoms with Crippen LogP contribution in [0.3, 0.4) is 0 Å². The van der Waals surface area contributed by atoms with Crippen LogP contribution in [0.15, 0.2) is 194 Å². The standard InChI is InChI=1S/C48H32N6/c1-5-15-33(16-6-1)37-23-13-25-39(29-37)43-31-44(51-45(50-43)34-17-7-2-8-18-34)42-28-27-41(32-49-42)38-24-14-26-40(30-38)48-53-46(35-19-9-3-10-20-35)52-47(54-48)36-21-11-4-12-22-36/h1-32H. The Kier molecular flexibility index (Phi) is 8.81. The van der Waals surface area contributed by atoms with E-state index in [4.69, 9.17) is 29.9 Å². The third kappa shape index (κ3) is 6.92. The monoisotopic (exact) mass is 692 g/mol. The molecule has 0 N–H and O–H groups in total. The Morgan fingerprint density at radius 1 is 0.222 bits per heavy atom. The second kappa shape index (κ2) is 14.7. The predicted octanol–water partition coefficient (Wildman–Crippen LogP) is 11.4. The van der Waals surface area contributed by atoms with E-state index in [1.54, 1.807) is 0 Å². The molecule has 0 radical (unpaired) electrons. The van der Waals surface area contributed by atoms with E-state index >= 15 is 0 Å². The van der Waals surface area contributed by atoms with Gasteiger partial charge in [-0.3, -0.25) is 4.98 Å². The summed E-state index contributed by atoms with van der Waals surface area (Å²) in [6.45, 7) is 0. The normalized spacial score (nSPS) is 11.0. The van der Waals surface area contributed by atoms with Gasteiger partial charge in [-0.15, -0.1) is 0 Å². The molecular formula is C48H32N6. The molecule has 54 heavy (non-hydrogen) atoms. The van der Waals surface area contributed by atoms with Crippen LogP contribution in [0.4, 0.5) is 0 Å². The van der Waals surface area contributed by atoms with Crippen molar-refractivity contribution in [3.63, 3.8) is 0 Å². The van der Waals surface area contributed by atoms with Crippen LogP contribution in [0.1, 0.15) is 0 Å². The largest absolute Gasteiger partial charge is 0.254 e. The number of aromatic nitrogens is 6. The maximum Gasteiger partial charge on any atom is 0.164 e. The van der Waals surface area contributed by atoms with E-state index in [2.05, 4.69) is 66.7 Å². The van der Waals surface area contributed by atoms with Crippen LogP contribution in [0.2, 0.25) is 0 Å². The van der Waals surface area contributed by atoms with Crippen LogP contribution in [0.5, 0.6) is 0 Å². The Bertz CT molecular complexity index is 2630. The van der Waals surface area contributed by atoms with Crippen LogP contribution in [0, 0.1) is 0 Å². The molecule has 6 nitrogen and oxygen atoms in total. The fourth-order valence-electron chi connectivity index (χ4n) is 6.42. The molecule has 0 saturated heterocycles. The zero-order valence-electron chi connectivity index (χ0n) is 29.2. The SMILES string of the molecule is c1ccc(-c2cccc(-c3cc(-c4ccc(-c5cccc(-c6nc(-c7ccccc7)nc(-c7ccccc7)n6)c5)cn4)nc(-c4ccccc4)n3)c2)cc1. The van der Waals surface area contributed by atoms with Crippen LogP contribution in [0.25, 0.3) is 90.5 Å². The van der Waals surface area contributed by atoms with Gasteiger partial charge in [0.05, 0.1) is 17.1 Å². The maximum absolute atomic E-state index is 5.03. The smallest absolute Gasteiger partial charge is 0.164 e. The molecule has 0 spiro atoms. The molecule has 9 aromatic rings. The first kappa shape index (κ1) is 32.5. The fraction of sp³-hybridized carbons (Fsp3) is 0. The van der Waals surface area contributed by atoms with Gasteiger partial charge in [0.1, 0.15) is 0 Å². The van der Waals surface area contributed by atoms with E-state index in [1.165, 1.54) is 0 Å².